The average molecular weight is 357 g/mol. The molecule has 1 aliphatic carbocycles. The molecule has 0 unspecified atom stereocenters. The van der Waals surface area contributed by atoms with Gasteiger partial charge in [0.1, 0.15) is 0 Å². The normalized spacial score (nSPS) is 16.8. The summed E-state index contributed by atoms with van der Waals surface area (Å²) in [5.74, 6) is 0.885. The van der Waals surface area contributed by atoms with Crippen LogP contribution in [0.1, 0.15) is 41.1 Å². The molecule has 2 N–H and O–H groups in total. The number of aromatic nitrogens is 1. The van der Waals surface area contributed by atoms with Crippen LogP contribution < -0.4 is 10.6 Å². The minimum Gasteiger partial charge on any atom is -0.356 e. The fourth-order valence-corrected chi connectivity index (χ4v) is 4.48. The lowest BCUT2D eigenvalue weighted by Gasteiger charge is -2.30. The van der Waals surface area contributed by atoms with E-state index in [-0.39, 0.29) is 5.41 Å². The number of nitrogens with one attached hydrogen (secondary N) is 2. The van der Waals surface area contributed by atoms with Crippen LogP contribution in [-0.2, 0) is 11.8 Å². The molecule has 0 spiro atoms. The van der Waals surface area contributed by atoms with Crippen LogP contribution in [0.15, 0.2) is 41.5 Å². The Morgan fingerprint density at radius 1 is 1.20 bits per heavy atom. The molecule has 1 heterocycles. The first-order valence-corrected chi connectivity index (χ1v) is 9.95. The molecule has 0 atom stereocenters. The Bertz CT molecular complexity index is 687. The molecule has 1 fully saturated rings. The number of hydrogen-bond acceptors (Lipinski definition) is 3. The average Bonchev–Trinajstić information content (AvgIpc) is 3.28. The Hall–Kier alpha value is -1.88. The predicted molar refractivity (Wildman–Crippen MR) is 107 cm³/mol. The Kier molecular flexibility index (Phi) is 6.08. The molecule has 0 bridgehead atoms. The first-order valence-electron chi connectivity index (χ1n) is 9.13. The number of hydrogen-bond donors (Lipinski definition) is 2. The van der Waals surface area contributed by atoms with E-state index in [4.69, 9.17) is 0 Å². The van der Waals surface area contributed by atoms with Crippen LogP contribution in [0.25, 0.3) is 0 Å². The van der Waals surface area contributed by atoms with Crippen molar-refractivity contribution in [1.29, 1.82) is 0 Å². The Morgan fingerprint density at radius 2 is 1.96 bits per heavy atom. The van der Waals surface area contributed by atoms with Gasteiger partial charge in [0, 0.05) is 43.0 Å². The van der Waals surface area contributed by atoms with Gasteiger partial charge in [0.25, 0.3) is 0 Å². The monoisotopic (exact) mass is 356 g/mol. The number of nitrogens with zero attached hydrogens (tertiary/aromatic N) is 2. The van der Waals surface area contributed by atoms with Crippen molar-refractivity contribution >= 4 is 17.3 Å². The van der Waals surface area contributed by atoms with Crippen molar-refractivity contribution in [2.45, 2.75) is 44.4 Å². The van der Waals surface area contributed by atoms with Gasteiger partial charge < -0.3 is 10.6 Å². The molecule has 5 heteroatoms. The minimum atomic E-state index is 0.241. The minimum absolute atomic E-state index is 0.241. The van der Waals surface area contributed by atoms with E-state index in [1.165, 1.54) is 41.1 Å². The fraction of sp³-hybridized carbons (Fsp3) is 0.500. The van der Waals surface area contributed by atoms with Crippen LogP contribution in [0.2, 0.25) is 0 Å². The van der Waals surface area contributed by atoms with Gasteiger partial charge in [-0.1, -0.05) is 43.2 Å². The van der Waals surface area contributed by atoms with E-state index >= 15 is 0 Å². The number of guanidine groups is 1. The van der Waals surface area contributed by atoms with Crippen molar-refractivity contribution in [2.75, 3.05) is 20.1 Å². The van der Waals surface area contributed by atoms with Gasteiger partial charge in [-0.05, 0) is 25.3 Å². The van der Waals surface area contributed by atoms with Crippen LogP contribution >= 0.6 is 11.3 Å². The maximum Gasteiger partial charge on any atom is 0.191 e. The first-order chi connectivity index (χ1) is 12.2. The second kappa shape index (κ2) is 8.48. The lowest BCUT2D eigenvalue weighted by atomic mass is 9.79. The highest BCUT2D eigenvalue weighted by Gasteiger charge is 2.35. The highest BCUT2D eigenvalue weighted by Crippen LogP contribution is 2.40. The zero-order chi connectivity index (χ0) is 17.5. The predicted octanol–water partition coefficient (Wildman–Crippen LogP) is 3.67. The number of benzene rings is 1. The molecule has 1 saturated carbocycles. The van der Waals surface area contributed by atoms with E-state index in [9.17, 15) is 0 Å². The van der Waals surface area contributed by atoms with Gasteiger partial charge in [-0.15, -0.1) is 11.3 Å². The summed E-state index contributed by atoms with van der Waals surface area (Å²) < 4.78 is 0. The zero-order valence-corrected chi connectivity index (χ0v) is 16.0. The molecule has 3 rings (SSSR count). The van der Waals surface area contributed by atoms with E-state index in [2.05, 4.69) is 57.9 Å². The zero-order valence-electron chi connectivity index (χ0n) is 15.2. The molecule has 134 valence electrons. The molecule has 1 aromatic heterocycles. The van der Waals surface area contributed by atoms with Gasteiger partial charge in [0.05, 0.1) is 5.01 Å². The maximum absolute atomic E-state index is 4.42. The summed E-state index contributed by atoms with van der Waals surface area (Å²) in [5.41, 5.74) is 1.69. The van der Waals surface area contributed by atoms with Crippen molar-refractivity contribution in [3.8, 4) is 0 Å². The van der Waals surface area contributed by atoms with Crippen molar-refractivity contribution in [3.63, 3.8) is 0 Å². The van der Waals surface area contributed by atoms with Crippen molar-refractivity contribution < 1.29 is 0 Å². The second-order valence-corrected chi connectivity index (χ2v) is 8.14. The summed E-state index contributed by atoms with van der Waals surface area (Å²) >= 11 is 1.77. The van der Waals surface area contributed by atoms with E-state index < -0.39 is 0 Å². The molecule has 1 aliphatic rings. The lowest BCUT2D eigenvalue weighted by Crippen LogP contribution is -2.45. The first kappa shape index (κ1) is 17.9. The fourth-order valence-electron chi connectivity index (χ4n) is 3.69. The SMILES string of the molecule is CN=C(NCCc1ncc(C)s1)NCC1(c2ccccc2)CCCC1. The van der Waals surface area contributed by atoms with E-state index in [1.54, 1.807) is 11.3 Å². The van der Waals surface area contributed by atoms with Crippen molar-refractivity contribution in [3.05, 3.63) is 52.0 Å². The summed E-state index contributed by atoms with van der Waals surface area (Å²) in [4.78, 5) is 10.1. The summed E-state index contributed by atoms with van der Waals surface area (Å²) in [6, 6.07) is 10.9. The smallest absolute Gasteiger partial charge is 0.191 e. The molecule has 0 aliphatic heterocycles. The van der Waals surface area contributed by atoms with Crippen molar-refractivity contribution in [1.82, 2.24) is 15.6 Å². The third kappa shape index (κ3) is 4.60. The van der Waals surface area contributed by atoms with Gasteiger partial charge in [-0.2, -0.15) is 0 Å². The summed E-state index contributed by atoms with van der Waals surface area (Å²) in [7, 11) is 1.84. The van der Waals surface area contributed by atoms with E-state index in [0.29, 0.717) is 0 Å². The molecule has 1 aromatic carbocycles. The Balaban J connectivity index is 1.54. The van der Waals surface area contributed by atoms with Crippen LogP contribution in [0.4, 0.5) is 0 Å². The molecule has 25 heavy (non-hydrogen) atoms. The number of rotatable bonds is 6. The lowest BCUT2D eigenvalue weighted by molar-refractivity contribution is 0.432. The van der Waals surface area contributed by atoms with E-state index in [1.807, 2.05) is 13.2 Å². The quantitative estimate of drug-likeness (QED) is 0.613. The molecule has 0 saturated heterocycles. The van der Waals surface area contributed by atoms with Crippen molar-refractivity contribution in [2.24, 2.45) is 4.99 Å². The largest absolute Gasteiger partial charge is 0.356 e. The number of aryl methyl sites for hydroxylation is 1. The third-order valence-electron chi connectivity index (χ3n) is 5.07. The van der Waals surface area contributed by atoms with Crippen LogP contribution in [-0.4, -0.2) is 31.1 Å². The number of aliphatic imine (C=N–C) groups is 1. The molecule has 0 amide bonds. The van der Waals surface area contributed by atoms with Crippen LogP contribution in [0.3, 0.4) is 0 Å². The third-order valence-corrected chi connectivity index (χ3v) is 6.04. The molecular formula is C20H28N4S. The molecule has 4 nitrogen and oxygen atoms in total. The second-order valence-electron chi connectivity index (χ2n) is 6.82. The molecule has 2 aromatic rings. The Morgan fingerprint density at radius 3 is 2.60 bits per heavy atom. The highest BCUT2D eigenvalue weighted by molar-refractivity contribution is 7.11. The van der Waals surface area contributed by atoms with Gasteiger partial charge in [-0.3, -0.25) is 4.99 Å². The summed E-state index contributed by atoms with van der Waals surface area (Å²) in [6.07, 6.45) is 8.00. The Labute approximate surface area is 154 Å². The molecular weight excluding hydrogens is 328 g/mol. The van der Waals surface area contributed by atoms with Crippen LogP contribution in [0, 0.1) is 6.92 Å². The highest BCUT2D eigenvalue weighted by atomic mass is 32.1. The van der Waals surface area contributed by atoms with Gasteiger partial charge in [-0.25, -0.2) is 4.98 Å². The maximum atomic E-state index is 4.42. The summed E-state index contributed by atoms with van der Waals surface area (Å²) in [5, 5.41) is 8.17. The summed E-state index contributed by atoms with van der Waals surface area (Å²) in [6.45, 7) is 3.89. The standard InChI is InChI=1S/C20H28N4S/c1-16-14-23-18(25-16)10-13-22-19(21-2)24-15-20(11-6-7-12-20)17-8-4-3-5-9-17/h3-5,8-9,14H,6-7,10-13,15H2,1-2H3,(H2,21,22,24). The van der Waals surface area contributed by atoms with Gasteiger partial charge in [0.15, 0.2) is 5.96 Å². The molecule has 0 radical (unpaired) electrons. The number of thiazole rings is 1. The van der Waals surface area contributed by atoms with Gasteiger partial charge >= 0.3 is 0 Å². The van der Waals surface area contributed by atoms with Crippen LogP contribution in [0.5, 0.6) is 0 Å². The van der Waals surface area contributed by atoms with Gasteiger partial charge in [0.2, 0.25) is 0 Å². The topological polar surface area (TPSA) is 49.3 Å². The van der Waals surface area contributed by atoms with E-state index in [0.717, 1.165) is 25.5 Å².